The second-order valence-corrected chi connectivity index (χ2v) is 6.90. The van der Waals surface area contributed by atoms with Crippen molar-refractivity contribution in [1.82, 2.24) is 16.0 Å². The first-order chi connectivity index (χ1) is 10.8. The quantitative estimate of drug-likeness (QED) is 0.582. The number of hydrogen-bond donors (Lipinski definition) is 3. The Hall–Kier alpha value is -1.34. The molecule has 0 aromatic carbocycles. The summed E-state index contributed by atoms with van der Waals surface area (Å²) in [5.74, 6) is 0.0241. The minimum atomic E-state index is -0.476. The number of alkyl carbamates (subject to hydrolysis) is 1. The predicted molar refractivity (Wildman–Crippen MR) is 88.3 cm³/mol. The second-order valence-electron chi connectivity index (χ2n) is 6.90. The van der Waals surface area contributed by atoms with E-state index in [4.69, 9.17) is 9.47 Å². The van der Waals surface area contributed by atoms with Crippen LogP contribution < -0.4 is 16.0 Å². The van der Waals surface area contributed by atoms with E-state index >= 15 is 0 Å². The third kappa shape index (κ3) is 9.40. The van der Waals surface area contributed by atoms with Gasteiger partial charge in [0.25, 0.3) is 0 Å². The van der Waals surface area contributed by atoms with Crippen LogP contribution in [0.1, 0.15) is 46.5 Å². The van der Waals surface area contributed by atoms with Crippen molar-refractivity contribution in [2.75, 3.05) is 26.8 Å². The molecule has 1 aliphatic carbocycles. The van der Waals surface area contributed by atoms with Crippen molar-refractivity contribution in [3.8, 4) is 0 Å². The number of ether oxygens (including phenoxy) is 2. The summed E-state index contributed by atoms with van der Waals surface area (Å²) in [4.78, 5) is 23.3. The molecule has 1 saturated carbocycles. The number of rotatable bonds is 8. The van der Waals surface area contributed by atoms with E-state index in [1.807, 2.05) is 20.8 Å². The molecule has 2 unspecified atom stereocenters. The molecule has 2 amide bonds. The summed E-state index contributed by atoms with van der Waals surface area (Å²) in [6.45, 7) is 7.26. The van der Waals surface area contributed by atoms with Crippen LogP contribution in [0.5, 0.6) is 0 Å². The summed E-state index contributed by atoms with van der Waals surface area (Å²) in [6.07, 6.45) is 2.87. The van der Waals surface area contributed by atoms with Crippen molar-refractivity contribution in [2.45, 2.75) is 64.1 Å². The topological polar surface area (TPSA) is 88.7 Å². The lowest BCUT2D eigenvalue weighted by molar-refractivity contribution is -0.121. The van der Waals surface area contributed by atoms with Crippen LogP contribution in [0.4, 0.5) is 4.79 Å². The van der Waals surface area contributed by atoms with Crippen molar-refractivity contribution >= 4 is 12.0 Å². The maximum atomic E-state index is 11.7. The van der Waals surface area contributed by atoms with Gasteiger partial charge in [0.2, 0.25) is 5.91 Å². The highest BCUT2D eigenvalue weighted by Gasteiger charge is 2.27. The van der Waals surface area contributed by atoms with Crippen LogP contribution in [0.25, 0.3) is 0 Å². The largest absolute Gasteiger partial charge is 0.444 e. The van der Waals surface area contributed by atoms with Crippen LogP contribution in [-0.4, -0.2) is 56.5 Å². The van der Waals surface area contributed by atoms with Gasteiger partial charge in [0, 0.05) is 38.7 Å². The fraction of sp³-hybridized carbons (Fsp3) is 0.875. The van der Waals surface area contributed by atoms with Gasteiger partial charge in [-0.15, -0.1) is 0 Å². The molecule has 3 N–H and O–H groups in total. The monoisotopic (exact) mass is 329 g/mol. The summed E-state index contributed by atoms with van der Waals surface area (Å²) in [7, 11) is 1.61. The van der Waals surface area contributed by atoms with Gasteiger partial charge in [-0.1, -0.05) is 0 Å². The molecule has 0 aromatic rings. The van der Waals surface area contributed by atoms with E-state index in [9.17, 15) is 9.59 Å². The van der Waals surface area contributed by atoms with Gasteiger partial charge in [0.15, 0.2) is 0 Å². The summed E-state index contributed by atoms with van der Waals surface area (Å²) in [5, 5.41) is 9.06. The molecule has 134 valence electrons. The highest BCUT2D eigenvalue weighted by atomic mass is 16.6. The van der Waals surface area contributed by atoms with Gasteiger partial charge >= 0.3 is 6.09 Å². The zero-order valence-corrected chi connectivity index (χ0v) is 14.7. The molecule has 23 heavy (non-hydrogen) atoms. The minimum Gasteiger partial charge on any atom is -0.444 e. The van der Waals surface area contributed by atoms with Gasteiger partial charge in [-0.05, 0) is 40.0 Å². The Balaban J connectivity index is 2.13. The van der Waals surface area contributed by atoms with Gasteiger partial charge < -0.3 is 25.4 Å². The van der Waals surface area contributed by atoms with E-state index < -0.39 is 5.60 Å². The molecular formula is C16H31N3O4. The average Bonchev–Trinajstić information content (AvgIpc) is 2.84. The molecule has 2 atom stereocenters. The van der Waals surface area contributed by atoms with Crippen molar-refractivity contribution in [1.29, 1.82) is 0 Å². The first kappa shape index (κ1) is 19.7. The number of amides is 2. The van der Waals surface area contributed by atoms with Gasteiger partial charge in [-0.25, -0.2) is 4.79 Å². The molecule has 0 aromatic heterocycles. The van der Waals surface area contributed by atoms with Crippen molar-refractivity contribution < 1.29 is 19.1 Å². The zero-order chi connectivity index (χ0) is 17.3. The molecule has 0 aliphatic heterocycles. The standard InChI is InChI=1S/C16H31N3O4/c1-16(2,3)23-15(21)19-13-6-5-12(11-13)17-8-7-14(20)18-9-10-22-4/h12-13,17H,5-11H2,1-4H3,(H,18,20)(H,19,21). The molecular weight excluding hydrogens is 298 g/mol. The van der Waals surface area contributed by atoms with Gasteiger partial charge in [-0.3, -0.25) is 4.79 Å². The van der Waals surface area contributed by atoms with Crippen molar-refractivity contribution in [2.24, 2.45) is 0 Å². The molecule has 0 spiro atoms. The highest BCUT2D eigenvalue weighted by molar-refractivity contribution is 5.76. The maximum Gasteiger partial charge on any atom is 0.407 e. The van der Waals surface area contributed by atoms with Crippen molar-refractivity contribution in [3.63, 3.8) is 0 Å². The predicted octanol–water partition coefficient (Wildman–Crippen LogP) is 1.17. The normalized spacial score (nSPS) is 21.0. The highest BCUT2D eigenvalue weighted by Crippen LogP contribution is 2.19. The van der Waals surface area contributed by atoms with Crippen LogP contribution in [-0.2, 0) is 14.3 Å². The summed E-state index contributed by atoms with van der Waals surface area (Å²) < 4.78 is 10.1. The van der Waals surface area contributed by atoms with E-state index in [1.54, 1.807) is 7.11 Å². The first-order valence-electron chi connectivity index (χ1n) is 8.28. The van der Waals surface area contributed by atoms with Crippen LogP contribution >= 0.6 is 0 Å². The molecule has 0 saturated heterocycles. The Morgan fingerprint density at radius 2 is 1.83 bits per heavy atom. The lowest BCUT2D eigenvalue weighted by Crippen LogP contribution is -2.39. The lowest BCUT2D eigenvalue weighted by Gasteiger charge is -2.21. The molecule has 1 rings (SSSR count). The summed E-state index contributed by atoms with van der Waals surface area (Å²) in [6, 6.07) is 0.472. The average molecular weight is 329 g/mol. The van der Waals surface area contributed by atoms with Gasteiger partial charge in [0.1, 0.15) is 5.60 Å². The van der Waals surface area contributed by atoms with Gasteiger partial charge in [-0.2, -0.15) is 0 Å². The Morgan fingerprint density at radius 1 is 1.13 bits per heavy atom. The lowest BCUT2D eigenvalue weighted by atomic mass is 10.2. The molecule has 0 bridgehead atoms. The minimum absolute atomic E-state index is 0.0241. The Bertz CT molecular complexity index is 382. The van der Waals surface area contributed by atoms with Crippen LogP contribution in [0.15, 0.2) is 0 Å². The van der Waals surface area contributed by atoms with E-state index in [0.717, 1.165) is 19.3 Å². The third-order valence-electron chi connectivity index (χ3n) is 3.57. The number of methoxy groups -OCH3 is 1. The smallest absolute Gasteiger partial charge is 0.407 e. The number of hydrogen-bond acceptors (Lipinski definition) is 5. The summed E-state index contributed by atoms with van der Waals surface area (Å²) >= 11 is 0. The SMILES string of the molecule is COCCNC(=O)CCNC1CCC(NC(=O)OC(C)(C)C)C1. The van der Waals surface area contributed by atoms with Crippen LogP contribution in [0, 0.1) is 0 Å². The number of carbonyl (C=O) groups excluding carboxylic acids is 2. The Kier molecular flexibility index (Phi) is 8.33. The second kappa shape index (κ2) is 9.72. The Labute approximate surface area is 138 Å². The molecule has 0 heterocycles. The number of carbonyl (C=O) groups is 2. The molecule has 0 radical (unpaired) electrons. The molecule has 7 nitrogen and oxygen atoms in total. The molecule has 7 heteroatoms. The fourth-order valence-electron chi connectivity index (χ4n) is 2.54. The van der Waals surface area contributed by atoms with E-state index in [-0.39, 0.29) is 18.0 Å². The number of nitrogens with one attached hydrogen (secondary N) is 3. The van der Waals surface area contributed by atoms with Crippen molar-refractivity contribution in [3.05, 3.63) is 0 Å². The third-order valence-corrected chi connectivity index (χ3v) is 3.57. The van der Waals surface area contributed by atoms with Crippen LogP contribution in [0.2, 0.25) is 0 Å². The molecule has 1 aliphatic rings. The Morgan fingerprint density at radius 3 is 2.48 bits per heavy atom. The van der Waals surface area contributed by atoms with E-state index in [0.29, 0.717) is 32.2 Å². The van der Waals surface area contributed by atoms with E-state index in [2.05, 4.69) is 16.0 Å². The van der Waals surface area contributed by atoms with Gasteiger partial charge in [0.05, 0.1) is 6.61 Å². The maximum absolute atomic E-state index is 11.7. The summed E-state index contributed by atoms with van der Waals surface area (Å²) in [5.41, 5.74) is -0.476. The molecule has 1 fully saturated rings. The van der Waals surface area contributed by atoms with E-state index in [1.165, 1.54) is 0 Å². The zero-order valence-electron chi connectivity index (χ0n) is 14.7. The fourth-order valence-corrected chi connectivity index (χ4v) is 2.54. The van der Waals surface area contributed by atoms with Crippen LogP contribution in [0.3, 0.4) is 0 Å². The first-order valence-corrected chi connectivity index (χ1v) is 8.28.